The van der Waals surface area contributed by atoms with Crippen LogP contribution in [0.3, 0.4) is 0 Å². The van der Waals surface area contributed by atoms with Crippen LogP contribution in [-0.2, 0) is 4.74 Å². The number of nitrogens with zero attached hydrogens (tertiary/aromatic N) is 1. The van der Waals surface area contributed by atoms with Gasteiger partial charge >= 0.3 is 5.69 Å². The Morgan fingerprint density at radius 2 is 2.17 bits per heavy atom. The largest absolute Gasteiger partial charge is 0.394 e. The monoisotopic (exact) mass is 256 g/mol. The maximum atomic E-state index is 11.7. The minimum atomic E-state index is -0.912. The molecule has 1 aromatic heterocycles. The molecule has 18 heavy (non-hydrogen) atoms. The van der Waals surface area contributed by atoms with E-state index in [9.17, 15) is 14.7 Å². The molecule has 1 aliphatic heterocycles. The maximum absolute atomic E-state index is 11.7. The number of aromatic nitrogens is 2. The Labute approximate surface area is 103 Å². The average molecular weight is 256 g/mol. The summed E-state index contributed by atoms with van der Waals surface area (Å²) in [5.74, 6) is -0.292. The lowest BCUT2D eigenvalue weighted by molar-refractivity contribution is -0.0535. The van der Waals surface area contributed by atoms with E-state index in [0.717, 1.165) is 4.57 Å². The molecule has 4 atom stereocenters. The highest BCUT2D eigenvalue weighted by molar-refractivity contribution is 5.02. The van der Waals surface area contributed by atoms with E-state index < -0.39 is 29.7 Å². The fraction of sp³-hybridized carbons (Fsp3) is 0.636. The zero-order chi connectivity index (χ0) is 13.4. The first-order chi connectivity index (χ1) is 8.45. The molecule has 1 aliphatic rings. The molecule has 100 valence electrons. The summed E-state index contributed by atoms with van der Waals surface area (Å²) in [5.41, 5.74) is -0.749. The second kappa shape index (κ2) is 4.68. The van der Waals surface area contributed by atoms with Gasteiger partial charge in [-0.3, -0.25) is 14.3 Å². The number of aliphatic hydroxyl groups excluding tert-OH is 2. The van der Waals surface area contributed by atoms with E-state index in [-0.39, 0.29) is 12.5 Å². The third-order valence-corrected chi connectivity index (χ3v) is 3.33. The summed E-state index contributed by atoms with van der Waals surface area (Å²) in [7, 11) is 0. The fourth-order valence-corrected chi connectivity index (χ4v) is 2.08. The first kappa shape index (κ1) is 13.0. The molecule has 3 N–H and O–H groups in total. The van der Waals surface area contributed by atoms with Crippen LogP contribution >= 0.6 is 0 Å². The van der Waals surface area contributed by atoms with Crippen molar-refractivity contribution in [2.24, 2.45) is 5.92 Å². The number of hydrogen-bond acceptors (Lipinski definition) is 5. The van der Waals surface area contributed by atoms with Gasteiger partial charge in [-0.05, 0) is 6.92 Å². The van der Waals surface area contributed by atoms with Gasteiger partial charge in [0.05, 0.1) is 12.7 Å². The van der Waals surface area contributed by atoms with Crippen LogP contribution in [0.5, 0.6) is 0 Å². The van der Waals surface area contributed by atoms with Crippen molar-refractivity contribution in [3.05, 3.63) is 32.6 Å². The summed E-state index contributed by atoms with van der Waals surface area (Å²) < 4.78 is 6.58. The van der Waals surface area contributed by atoms with Crippen molar-refractivity contribution in [2.75, 3.05) is 6.61 Å². The van der Waals surface area contributed by atoms with Crippen LogP contribution < -0.4 is 11.2 Å². The summed E-state index contributed by atoms with van der Waals surface area (Å²) in [6.07, 6.45) is -0.976. The van der Waals surface area contributed by atoms with Crippen LogP contribution in [0.1, 0.15) is 18.7 Å². The Balaban J connectivity index is 2.42. The number of hydrogen-bond donors (Lipinski definition) is 3. The summed E-state index contributed by atoms with van der Waals surface area (Å²) in [4.78, 5) is 25.1. The van der Waals surface area contributed by atoms with E-state index in [1.54, 1.807) is 13.8 Å². The van der Waals surface area contributed by atoms with Gasteiger partial charge in [0.25, 0.3) is 5.56 Å². The molecule has 7 nitrogen and oxygen atoms in total. The van der Waals surface area contributed by atoms with E-state index >= 15 is 0 Å². The highest BCUT2D eigenvalue weighted by atomic mass is 16.5. The Kier molecular flexibility index (Phi) is 3.38. The summed E-state index contributed by atoms with van der Waals surface area (Å²) >= 11 is 0. The van der Waals surface area contributed by atoms with Gasteiger partial charge in [0.1, 0.15) is 6.10 Å². The van der Waals surface area contributed by atoms with Crippen LogP contribution in [0, 0.1) is 12.8 Å². The van der Waals surface area contributed by atoms with Crippen LogP contribution in [0.4, 0.5) is 0 Å². The number of ether oxygens (including phenoxy) is 1. The Bertz CT molecular complexity index is 549. The third kappa shape index (κ3) is 2.00. The molecule has 0 amide bonds. The molecule has 0 unspecified atom stereocenters. The van der Waals surface area contributed by atoms with E-state index in [2.05, 4.69) is 4.98 Å². The van der Waals surface area contributed by atoms with Gasteiger partial charge in [0.2, 0.25) is 0 Å². The molecular formula is C11H16N2O5. The highest BCUT2D eigenvalue weighted by Gasteiger charge is 2.41. The highest BCUT2D eigenvalue weighted by Crippen LogP contribution is 2.32. The standard InChI is InChI=1S/C11H16N2O5/c1-5-3-13(11(17)12-9(5)16)10-8(15)6(2)7(4-14)18-10/h3,6-8,10,14-15H,4H2,1-2H3,(H,12,16,17)/t6-,7-,8+,10-/m1/s1. The average Bonchev–Trinajstić information content (AvgIpc) is 2.61. The lowest BCUT2D eigenvalue weighted by atomic mass is 10.0. The smallest absolute Gasteiger partial charge is 0.330 e. The van der Waals surface area contributed by atoms with Crippen LogP contribution in [0.25, 0.3) is 0 Å². The van der Waals surface area contributed by atoms with Crippen molar-refractivity contribution in [3.63, 3.8) is 0 Å². The summed E-state index contributed by atoms with van der Waals surface area (Å²) in [5, 5.41) is 19.1. The third-order valence-electron chi connectivity index (χ3n) is 3.33. The first-order valence-electron chi connectivity index (χ1n) is 5.72. The van der Waals surface area contributed by atoms with Crippen LogP contribution in [-0.4, -0.2) is 38.6 Å². The predicted molar refractivity (Wildman–Crippen MR) is 62.2 cm³/mol. The Morgan fingerprint density at radius 3 is 2.72 bits per heavy atom. The number of rotatable bonds is 2. The molecule has 7 heteroatoms. The molecule has 0 spiro atoms. The first-order valence-corrected chi connectivity index (χ1v) is 5.72. The van der Waals surface area contributed by atoms with Crippen molar-refractivity contribution in [2.45, 2.75) is 32.3 Å². The SMILES string of the molecule is Cc1cn([C@@H]2O[C@H](CO)[C@@H](C)[C@@H]2O)c(=O)[nH]c1=O. The Morgan fingerprint density at radius 1 is 1.50 bits per heavy atom. The molecule has 0 aliphatic carbocycles. The molecule has 0 aromatic carbocycles. The van der Waals surface area contributed by atoms with Crippen molar-refractivity contribution in [1.29, 1.82) is 0 Å². The van der Waals surface area contributed by atoms with Gasteiger partial charge < -0.3 is 14.9 Å². The normalized spacial score (nSPS) is 31.8. The summed E-state index contributed by atoms with van der Waals surface area (Å²) in [6.45, 7) is 3.06. The fourth-order valence-electron chi connectivity index (χ4n) is 2.08. The van der Waals surface area contributed by atoms with Gasteiger partial charge in [-0.25, -0.2) is 4.79 Å². The molecule has 0 radical (unpaired) electrons. The number of nitrogens with one attached hydrogen (secondary N) is 1. The minimum absolute atomic E-state index is 0.230. The topological polar surface area (TPSA) is 105 Å². The molecule has 0 bridgehead atoms. The summed E-state index contributed by atoms with van der Waals surface area (Å²) in [6, 6.07) is 0. The van der Waals surface area contributed by atoms with Gasteiger partial charge in [0.15, 0.2) is 6.23 Å². The van der Waals surface area contributed by atoms with Crippen molar-refractivity contribution >= 4 is 0 Å². The van der Waals surface area contributed by atoms with Gasteiger partial charge in [-0.2, -0.15) is 0 Å². The maximum Gasteiger partial charge on any atom is 0.330 e. The van der Waals surface area contributed by atoms with Gasteiger partial charge in [-0.15, -0.1) is 0 Å². The minimum Gasteiger partial charge on any atom is -0.394 e. The number of aryl methyl sites for hydroxylation is 1. The second-order valence-corrected chi connectivity index (χ2v) is 4.58. The molecular weight excluding hydrogens is 240 g/mol. The van der Waals surface area contributed by atoms with Crippen molar-refractivity contribution in [1.82, 2.24) is 9.55 Å². The number of H-pyrrole nitrogens is 1. The predicted octanol–water partition coefficient (Wildman–Crippen LogP) is -1.27. The van der Waals surface area contributed by atoms with E-state index in [1.807, 2.05) is 0 Å². The molecule has 0 saturated carbocycles. The van der Waals surface area contributed by atoms with Crippen molar-refractivity contribution in [3.8, 4) is 0 Å². The molecule has 1 fully saturated rings. The van der Waals surface area contributed by atoms with E-state index in [1.165, 1.54) is 6.20 Å². The number of aromatic amines is 1. The van der Waals surface area contributed by atoms with Gasteiger partial charge in [0, 0.05) is 17.7 Å². The molecule has 1 aromatic rings. The Hall–Kier alpha value is -1.44. The zero-order valence-corrected chi connectivity index (χ0v) is 10.2. The second-order valence-electron chi connectivity index (χ2n) is 4.58. The molecule has 2 heterocycles. The number of aliphatic hydroxyl groups is 2. The molecule has 2 rings (SSSR count). The van der Waals surface area contributed by atoms with E-state index in [0.29, 0.717) is 5.56 Å². The lowest BCUT2D eigenvalue weighted by Gasteiger charge is -2.17. The van der Waals surface area contributed by atoms with Crippen LogP contribution in [0.15, 0.2) is 15.8 Å². The van der Waals surface area contributed by atoms with Crippen LogP contribution in [0.2, 0.25) is 0 Å². The van der Waals surface area contributed by atoms with Gasteiger partial charge in [-0.1, -0.05) is 6.92 Å². The molecule has 1 saturated heterocycles. The van der Waals surface area contributed by atoms with Crippen molar-refractivity contribution < 1.29 is 14.9 Å². The zero-order valence-electron chi connectivity index (χ0n) is 10.2. The lowest BCUT2D eigenvalue weighted by Crippen LogP contribution is -2.37. The quantitative estimate of drug-likeness (QED) is 0.612. The van der Waals surface area contributed by atoms with E-state index in [4.69, 9.17) is 9.84 Å².